The summed E-state index contributed by atoms with van der Waals surface area (Å²) in [7, 11) is 0. The number of aromatic amines is 1. The van der Waals surface area contributed by atoms with Crippen molar-refractivity contribution < 1.29 is 4.92 Å². The lowest BCUT2D eigenvalue weighted by Crippen LogP contribution is -2.05. The smallest absolute Gasteiger partial charge is 0.288 e. The largest absolute Gasteiger partial charge is 0.322 e. The van der Waals surface area contributed by atoms with Gasteiger partial charge in [0.15, 0.2) is 0 Å². The number of halogens is 1. The van der Waals surface area contributed by atoms with Gasteiger partial charge in [-0.25, -0.2) is 0 Å². The second-order valence-corrected chi connectivity index (χ2v) is 3.83. The summed E-state index contributed by atoms with van der Waals surface area (Å²) < 4.78 is 0. The molecule has 0 bridgehead atoms. The average molecular weight is 239 g/mol. The number of benzene rings is 1. The molecule has 1 aromatic carbocycles. The molecule has 1 heterocycles. The minimum absolute atomic E-state index is 0.0127. The summed E-state index contributed by atoms with van der Waals surface area (Å²) in [6.07, 6.45) is 0. The first-order valence-corrected chi connectivity index (χ1v) is 4.84. The van der Waals surface area contributed by atoms with Crippen molar-refractivity contribution >= 4 is 28.2 Å². The van der Waals surface area contributed by atoms with Gasteiger partial charge in [0.25, 0.3) is 5.69 Å². The molecule has 0 fully saturated rings. The first-order chi connectivity index (χ1) is 7.49. The van der Waals surface area contributed by atoms with E-state index in [2.05, 4.69) is 4.98 Å². The van der Waals surface area contributed by atoms with Crippen molar-refractivity contribution in [2.45, 2.75) is 6.92 Å². The number of H-pyrrole nitrogens is 1. The van der Waals surface area contributed by atoms with Crippen LogP contribution in [0.15, 0.2) is 23.0 Å². The van der Waals surface area contributed by atoms with E-state index in [-0.39, 0.29) is 16.3 Å². The Balaban J connectivity index is 2.90. The number of pyridine rings is 1. The minimum Gasteiger partial charge on any atom is -0.322 e. The van der Waals surface area contributed by atoms with Crippen molar-refractivity contribution in [2.75, 3.05) is 0 Å². The fourth-order valence-corrected chi connectivity index (χ4v) is 1.81. The Morgan fingerprint density at radius 1 is 1.38 bits per heavy atom. The van der Waals surface area contributed by atoms with E-state index in [9.17, 15) is 14.9 Å². The second-order valence-electron chi connectivity index (χ2n) is 3.42. The average Bonchev–Trinajstić information content (AvgIpc) is 2.15. The number of fused-ring (bicyclic) bond motifs is 1. The lowest BCUT2D eigenvalue weighted by atomic mass is 10.1. The molecule has 6 heteroatoms. The highest BCUT2D eigenvalue weighted by atomic mass is 35.5. The van der Waals surface area contributed by atoms with E-state index >= 15 is 0 Å². The molecule has 0 aliphatic rings. The first-order valence-electron chi connectivity index (χ1n) is 4.46. The summed E-state index contributed by atoms with van der Waals surface area (Å²) in [5, 5.41) is 11.3. The van der Waals surface area contributed by atoms with E-state index in [0.29, 0.717) is 16.5 Å². The molecule has 0 radical (unpaired) electrons. The van der Waals surface area contributed by atoms with Crippen molar-refractivity contribution in [3.8, 4) is 0 Å². The van der Waals surface area contributed by atoms with E-state index < -0.39 is 4.92 Å². The molecule has 0 saturated heterocycles. The lowest BCUT2D eigenvalue weighted by molar-refractivity contribution is -0.384. The van der Waals surface area contributed by atoms with Crippen LogP contribution in [0.2, 0.25) is 5.02 Å². The van der Waals surface area contributed by atoms with Gasteiger partial charge < -0.3 is 4.98 Å². The van der Waals surface area contributed by atoms with Crippen LogP contribution >= 0.6 is 11.6 Å². The van der Waals surface area contributed by atoms with Gasteiger partial charge in [0.1, 0.15) is 5.02 Å². The van der Waals surface area contributed by atoms with E-state index in [4.69, 9.17) is 11.6 Å². The van der Waals surface area contributed by atoms with Crippen LogP contribution in [0.25, 0.3) is 10.9 Å². The van der Waals surface area contributed by atoms with Crippen LogP contribution in [0.3, 0.4) is 0 Å². The molecule has 16 heavy (non-hydrogen) atoms. The molecule has 1 N–H and O–H groups in total. The van der Waals surface area contributed by atoms with Crippen LogP contribution in [-0.4, -0.2) is 9.91 Å². The number of hydrogen-bond acceptors (Lipinski definition) is 3. The van der Waals surface area contributed by atoms with E-state index in [1.165, 1.54) is 18.2 Å². The fourth-order valence-electron chi connectivity index (χ4n) is 1.57. The van der Waals surface area contributed by atoms with Gasteiger partial charge in [-0.3, -0.25) is 14.9 Å². The maximum Gasteiger partial charge on any atom is 0.288 e. The normalized spacial score (nSPS) is 10.6. The molecule has 0 amide bonds. The van der Waals surface area contributed by atoms with Gasteiger partial charge in [-0.15, -0.1) is 0 Å². The van der Waals surface area contributed by atoms with Crippen LogP contribution in [0.1, 0.15) is 5.56 Å². The predicted octanol–water partition coefficient (Wildman–Crippen LogP) is 2.40. The van der Waals surface area contributed by atoms with Crippen molar-refractivity contribution in [2.24, 2.45) is 0 Å². The van der Waals surface area contributed by atoms with Crippen molar-refractivity contribution in [1.82, 2.24) is 4.98 Å². The fraction of sp³-hybridized carbons (Fsp3) is 0.100. The Kier molecular flexibility index (Phi) is 2.40. The molecule has 2 aromatic rings. The molecule has 0 aliphatic carbocycles. The van der Waals surface area contributed by atoms with Gasteiger partial charge >= 0.3 is 0 Å². The number of rotatable bonds is 1. The van der Waals surface area contributed by atoms with E-state index in [1.54, 1.807) is 6.92 Å². The standard InChI is InChI=1S/C10H7ClN2O3/c1-5-2-10(14)12-8-4-7(11)9(13(15)16)3-6(5)8/h2-4H,1H3,(H,12,14). The zero-order valence-electron chi connectivity index (χ0n) is 8.28. The first kappa shape index (κ1) is 10.6. The third kappa shape index (κ3) is 1.65. The minimum atomic E-state index is -0.549. The van der Waals surface area contributed by atoms with E-state index in [0.717, 1.165) is 0 Å². The number of nitro groups is 1. The lowest BCUT2D eigenvalue weighted by Gasteiger charge is -2.02. The summed E-state index contributed by atoms with van der Waals surface area (Å²) in [6.45, 7) is 1.72. The van der Waals surface area contributed by atoms with Gasteiger partial charge in [0.05, 0.1) is 10.4 Å². The Labute approximate surface area is 94.8 Å². The highest BCUT2D eigenvalue weighted by Gasteiger charge is 2.14. The van der Waals surface area contributed by atoms with Crippen LogP contribution in [-0.2, 0) is 0 Å². The molecule has 2 rings (SSSR count). The predicted molar refractivity (Wildman–Crippen MR) is 61.0 cm³/mol. The molecule has 0 spiro atoms. The van der Waals surface area contributed by atoms with Crippen molar-refractivity contribution in [3.05, 3.63) is 49.3 Å². The zero-order valence-corrected chi connectivity index (χ0v) is 9.04. The number of nitro benzene ring substituents is 1. The third-order valence-electron chi connectivity index (χ3n) is 2.31. The molecule has 0 aliphatic heterocycles. The van der Waals surface area contributed by atoms with Crippen LogP contribution in [0, 0.1) is 17.0 Å². The second kappa shape index (κ2) is 3.61. The molecule has 5 nitrogen and oxygen atoms in total. The highest BCUT2D eigenvalue weighted by Crippen LogP contribution is 2.29. The Morgan fingerprint density at radius 2 is 2.06 bits per heavy atom. The summed E-state index contributed by atoms with van der Waals surface area (Å²) in [6, 6.07) is 4.15. The molecule has 0 atom stereocenters. The third-order valence-corrected chi connectivity index (χ3v) is 2.62. The molecular weight excluding hydrogens is 232 g/mol. The number of nitrogens with zero attached hydrogens (tertiary/aromatic N) is 1. The van der Waals surface area contributed by atoms with Gasteiger partial charge in [0.2, 0.25) is 5.56 Å². The van der Waals surface area contributed by atoms with Crippen LogP contribution in [0.5, 0.6) is 0 Å². The van der Waals surface area contributed by atoms with Crippen molar-refractivity contribution in [3.63, 3.8) is 0 Å². The van der Waals surface area contributed by atoms with E-state index in [1.807, 2.05) is 0 Å². The van der Waals surface area contributed by atoms with Crippen LogP contribution in [0.4, 0.5) is 5.69 Å². The highest BCUT2D eigenvalue weighted by molar-refractivity contribution is 6.33. The summed E-state index contributed by atoms with van der Waals surface area (Å²) in [4.78, 5) is 23.9. The number of hydrogen-bond donors (Lipinski definition) is 1. The maximum atomic E-state index is 11.2. The number of aryl methyl sites for hydroxylation is 1. The van der Waals surface area contributed by atoms with Crippen molar-refractivity contribution in [1.29, 1.82) is 0 Å². The SMILES string of the molecule is Cc1cc(=O)[nH]c2cc(Cl)c([N+](=O)[O-])cc12. The maximum absolute atomic E-state index is 11.2. The topological polar surface area (TPSA) is 76.0 Å². The van der Waals surface area contributed by atoms with Gasteiger partial charge in [-0.05, 0) is 18.6 Å². The number of aromatic nitrogens is 1. The molecule has 0 unspecified atom stereocenters. The summed E-state index contributed by atoms with van der Waals surface area (Å²) in [5.74, 6) is 0. The zero-order chi connectivity index (χ0) is 11.9. The van der Waals surface area contributed by atoms with Gasteiger partial charge in [-0.1, -0.05) is 11.6 Å². The molecule has 1 aromatic heterocycles. The van der Waals surface area contributed by atoms with Crippen LogP contribution < -0.4 is 5.56 Å². The summed E-state index contributed by atoms with van der Waals surface area (Å²) in [5.41, 5.74) is 0.762. The van der Waals surface area contributed by atoms with Gasteiger partial charge in [0, 0.05) is 17.5 Å². The number of nitrogens with one attached hydrogen (secondary N) is 1. The monoisotopic (exact) mass is 238 g/mol. The molecule has 82 valence electrons. The van der Waals surface area contributed by atoms with Gasteiger partial charge in [-0.2, -0.15) is 0 Å². The molecular formula is C10H7ClN2O3. The quantitative estimate of drug-likeness (QED) is 0.612. The Bertz CT molecular complexity index is 648. The summed E-state index contributed by atoms with van der Waals surface area (Å²) >= 11 is 5.74. The Hall–Kier alpha value is -1.88. The Morgan fingerprint density at radius 3 is 2.69 bits per heavy atom. The molecule has 0 saturated carbocycles.